The van der Waals surface area contributed by atoms with Crippen LogP contribution in [0.4, 0.5) is 10.3 Å². The van der Waals surface area contributed by atoms with Gasteiger partial charge in [-0.2, -0.15) is 0 Å². The molecular weight excluding hydrogens is 283 g/mol. The van der Waals surface area contributed by atoms with E-state index in [9.17, 15) is 4.39 Å². The van der Waals surface area contributed by atoms with Crippen molar-refractivity contribution >= 4 is 17.5 Å². The Morgan fingerprint density at radius 1 is 1.40 bits per heavy atom. The first-order chi connectivity index (χ1) is 9.58. The summed E-state index contributed by atoms with van der Waals surface area (Å²) in [5.74, 6) is -0.548. The van der Waals surface area contributed by atoms with E-state index in [4.69, 9.17) is 21.9 Å². The number of nitrogens with two attached hydrogens (primary N) is 1. The lowest BCUT2D eigenvalue weighted by Crippen LogP contribution is -1.91. The van der Waals surface area contributed by atoms with Crippen molar-refractivity contribution in [2.45, 2.75) is 0 Å². The third kappa shape index (κ3) is 1.94. The number of imidazole rings is 1. The second-order valence-corrected chi connectivity index (χ2v) is 4.70. The molecule has 5 nitrogen and oxygen atoms in total. The highest BCUT2D eigenvalue weighted by Crippen LogP contribution is 2.38. The Kier molecular flexibility index (Phi) is 2.94. The van der Waals surface area contributed by atoms with E-state index < -0.39 is 5.82 Å². The third-order valence-electron chi connectivity index (χ3n) is 2.89. The number of nitrogens with zero attached hydrogens (tertiary/aromatic N) is 3. The predicted molar refractivity (Wildman–Crippen MR) is 73.5 cm³/mol. The van der Waals surface area contributed by atoms with Gasteiger partial charge in [-0.15, -0.1) is 0 Å². The molecule has 20 heavy (non-hydrogen) atoms. The zero-order valence-electron chi connectivity index (χ0n) is 10.5. The van der Waals surface area contributed by atoms with E-state index in [1.54, 1.807) is 29.2 Å². The maximum atomic E-state index is 14.2. The Morgan fingerprint density at radius 2 is 2.20 bits per heavy atom. The van der Waals surface area contributed by atoms with Crippen LogP contribution < -0.4 is 5.73 Å². The monoisotopic (exact) mass is 292 g/mol. The highest BCUT2D eigenvalue weighted by molar-refractivity contribution is 6.31. The number of rotatable bonds is 2. The van der Waals surface area contributed by atoms with Crippen molar-refractivity contribution in [1.29, 1.82) is 0 Å². The lowest BCUT2D eigenvalue weighted by Gasteiger charge is -2.04. The van der Waals surface area contributed by atoms with E-state index in [0.717, 1.165) is 0 Å². The summed E-state index contributed by atoms with van der Waals surface area (Å²) in [6, 6.07) is 4.66. The van der Waals surface area contributed by atoms with Crippen LogP contribution in [0.3, 0.4) is 0 Å². The maximum absolute atomic E-state index is 14.2. The Hall–Kier alpha value is -2.34. The first-order valence-electron chi connectivity index (χ1n) is 5.76. The molecule has 0 aliphatic heterocycles. The summed E-state index contributed by atoms with van der Waals surface area (Å²) in [6.45, 7) is 0. The van der Waals surface area contributed by atoms with Crippen LogP contribution in [0.15, 0.2) is 35.2 Å². The minimum atomic E-state index is -0.568. The number of aromatic nitrogens is 3. The maximum Gasteiger partial charge on any atom is 0.230 e. The van der Waals surface area contributed by atoms with Crippen molar-refractivity contribution in [3.05, 3.63) is 41.6 Å². The van der Waals surface area contributed by atoms with Crippen LogP contribution >= 0.6 is 11.6 Å². The zero-order chi connectivity index (χ0) is 14.3. The lowest BCUT2D eigenvalue weighted by atomic mass is 10.0. The number of nitrogen functional groups attached to an aromatic ring is 1. The van der Waals surface area contributed by atoms with Gasteiger partial charge in [-0.3, -0.25) is 0 Å². The summed E-state index contributed by atoms with van der Waals surface area (Å²) in [4.78, 5) is 4.17. The molecule has 0 bridgehead atoms. The summed E-state index contributed by atoms with van der Waals surface area (Å²) in [5.41, 5.74) is 7.27. The smallest absolute Gasteiger partial charge is 0.230 e. The summed E-state index contributed by atoms with van der Waals surface area (Å²) in [6.07, 6.45) is 3.35. The molecule has 0 saturated heterocycles. The molecule has 3 aromatic rings. The summed E-state index contributed by atoms with van der Waals surface area (Å²) >= 11 is 5.80. The van der Waals surface area contributed by atoms with Gasteiger partial charge in [-0.1, -0.05) is 28.9 Å². The molecule has 0 amide bonds. The Balaban J connectivity index is 2.24. The van der Waals surface area contributed by atoms with E-state index in [1.165, 1.54) is 6.07 Å². The quantitative estimate of drug-likeness (QED) is 0.788. The van der Waals surface area contributed by atoms with Crippen LogP contribution in [0, 0.1) is 5.82 Å². The van der Waals surface area contributed by atoms with Gasteiger partial charge in [0.15, 0.2) is 0 Å². The predicted octanol–water partition coefficient (Wildman–Crippen LogP) is 3.12. The molecule has 1 aromatic carbocycles. The highest BCUT2D eigenvalue weighted by atomic mass is 35.5. The topological polar surface area (TPSA) is 69.9 Å². The fraction of sp³-hybridized carbons (Fsp3) is 0.0769. The van der Waals surface area contributed by atoms with E-state index in [1.807, 2.05) is 7.05 Å². The normalized spacial score (nSPS) is 10.9. The number of hydrogen-bond donors (Lipinski definition) is 1. The fourth-order valence-corrected chi connectivity index (χ4v) is 2.14. The van der Waals surface area contributed by atoms with Gasteiger partial charge in [0.2, 0.25) is 5.88 Å². The van der Waals surface area contributed by atoms with E-state index in [2.05, 4.69) is 10.1 Å². The van der Waals surface area contributed by atoms with E-state index >= 15 is 0 Å². The van der Waals surface area contributed by atoms with Gasteiger partial charge in [-0.25, -0.2) is 9.37 Å². The van der Waals surface area contributed by atoms with Crippen LogP contribution in [0.1, 0.15) is 0 Å². The summed E-state index contributed by atoms with van der Waals surface area (Å²) in [5, 5.41) is 3.87. The molecular formula is C13H10ClFN4O. The zero-order valence-corrected chi connectivity index (χ0v) is 11.2. The average Bonchev–Trinajstić information content (AvgIpc) is 2.99. The van der Waals surface area contributed by atoms with Gasteiger partial charge in [0, 0.05) is 18.8 Å². The molecule has 102 valence electrons. The number of benzene rings is 1. The second kappa shape index (κ2) is 4.64. The van der Waals surface area contributed by atoms with Gasteiger partial charge in [0.25, 0.3) is 0 Å². The van der Waals surface area contributed by atoms with Gasteiger partial charge in [0.05, 0.1) is 16.9 Å². The van der Waals surface area contributed by atoms with Crippen molar-refractivity contribution in [1.82, 2.24) is 14.7 Å². The summed E-state index contributed by atoms with van der Waals surface area (Å²) < 4.78 is 20.9. The Morgan fingerprint density at radius 3 is 2.90 bits per heavy atom. The van der Waals surface area contributed by atoms with Gasteiger partial charge in [0.1, 0.15) is 17.2 Å². The number of aryl methyl sites for hydroxylation is 1. The number of halogens is 2. The van der Waals surface area contributed by atoms with E-state index in [0.29, 0.717) is 17.0 Å². The summed E-state index contributed by atoms with van der Waals surface area (Å²) in [7, 11) is 1.82. The van der Waals surface area contributed by atoms with Crippen molar-refractivity contribution in [2.75, 3.05) is 5.73 Å². The molecule has 0 unspecified atom stereocenters. The van der Waals surface area contributed by atoms with Crippen LogP contribution in [-0.4, -0.2) is 14.7 Å². The highest BCUT2D eigenvalue weighted by Gasteiger charge is 2.22. The number of anilines is 1. The minimum Gasteiger partial charge on any atom is -0.367 e. The standard InChI is InChI=1S/C13H10ClFN4O/c1-19-5-9(17-6-19)12-10(13(16)20-18-12)7-3-2-4-8(14)11(7)15/h2-6H,16H2,1H3. The fourth-order valence-electron chi connectivity index (χ4n) is 1.97. The molecule has 2 N–H and O–H groups in total. The SMILES string of the molecule is Cn1cnc(-c2noc(N)c2-c2cccc(Cl)c2F)c1. The van der Waals surface area contributed by atoms with Crippen molar-refractivity contribution < 1.29 is 8.91 Å². The van der Waals surface area contributed by atoms with Crippen molar-refractivity contribution in [3.63, 3.8) is 0 Å². The van der Waals surface area contributed by atoms with Gasteiger partial charge in [-0.05, 0) is 6.07 Å². The largest absolute Gasteiger partial charge is 0.367 e. The Labute approximate surface area is 118 Å². The van der Waals surface area contributed by atoms with Crippen LogP contribution in [-0.2, 0) is 7.05 Å². The molecule has 2 aromatic heterocycles. The van der Waals surface area contributed by atoms with Crippen LogP contribution in [0.25, 0.3) is 22.5 Å². The minimum absolute atomic E-state index is 0.00932. The molecule has 0 aliphatic carbocycles. The van der Waals surface area contributed by atoms with Crippen LogP contribution in [0.5, 0.6) is 0 Å². The van der Waals surface area contributed by atoms with Gasteiger partial charge >= 0.3 is 0 Å². The lowest BCUT2D eigenvalue weighted by molar-refractivity contribution is 0.439. The average molecular weight is 293 g/mol. The number of hydrogen-bond acceptors (Lipinski definition) is 4. The molecule has 0 fully saturated rings. The molecule has 7 heteroatoms. The van der Waals surface area contributed by atoms with Crippen molar-refractivity contribution in [2.24, 2.45) is 7.05 Å². The molecule has 0 saturated carbocycles. The molecule has 0 radical (unpaired) electrons. The third-order valence-corrected chi connectivity index (χ3v) is 3.18. The van der Waals surface area contributed by atoms with Gasteiger partial charge < -0.3 is 14.8 Å². The molecule has 0 aliphatic rings. The molecule has 3 rings (SSSR count). The first-order valence-corrected chi connectivity index (χ1v) is 6.13. The molecule has 0 atom stereocenters. The molecule has 2 heterocycles. The van der Waals surface area contributed by atoms with Crippen molar-refractivity contribution in [3.8, 4) is 22.5 Å². The van der Waals surface area contributed by atoms with Crippen LogP contribution in [0.2, 0.25) is 5.02 Å². The molecule has 0 spiro atoms. The van der Waals surface area contributed by atoms with E-state index in [-0.39, 0.29) is 16.5 Å². The first kappa shape index (κ1) is 12.7. The Bertz CT molecular complexity index is 781. The second-order valence-electron chi connectivity index (χ2n) is 4.30.